The van der Waals surface area contributed by atoms with Crippen molar-refractivity contribution >= 4 is 40.3 Å². The summed E-state index contributed by atoms with van der Waals surface area (Å²) in [5.74, 6) is -2.79. The van der Waals surface area contributed by atoms with Crippen LogP contribution in [-0.4, -0.2) is 80.2 Å². The van der Waals surface area contributed by atoms with Gasteiger partial charge in [0, 0.05) is 52.1 Å². The maximum Gasteiger partial charge on any atom is 0.405 e. The Morgan fingerprint density at radius 2 is 2.00 bits per heavy atom. The van der Waals surface area contributed by atoms with Crippen LogP contribution in [0.5, 0.6) is 0 Å². The normalized spacial score (nSPS) is 22.1. The number of hydrogen-bond donors (Lipinski definition) is 2. The van der Waals surface area contributed by atoms with Crippen LogP contribution in [0.25, 0.3) is 10.4 Å². The molecular weight excluding hydrogens is 579 g/mol. The number of aryl methyl sites for hydroxylation is 1. The molecule has 2 fully saturated rings. The summed E-state index contributed by atoms with van der Waals surface area (Å²) >= 11 is 0.880. The van der Waals surface area contributed by atoms with Gasteiger partial charge in [0.05, 0.1) is 23.2 Å². The number of alkyl halides is 7. The molecule has 4 heterocycles. The molecular formula is C22H24F7N5O3S2. The smallest absolute Gasteiger partial charge is 0.361 e. The number of carbonyl (C=O) groups is 2. The molecule has 0 radical (unpaired) electrons. The Labute approximate surface area is 224 Å². The first-order chi connectivity index (χ1) is 18.1. The molecule has 1 atom stereocenters. The van der Waals surface area contributed by atoms with Crippen molar-refractivity contribution in [2.45, 2.75) is 50.9 Å². The minimum Gasteiger partial charge on any atom is -0.361 e. The van der Waals surface area contributed by atoms with Gasteiger partial charge in [-0.15, -0.1) is 11.3 Å². The van der Waals surface area contributed by atoms with Crippen LogP contribution in [0.1, 0.15) is 40.8 Å². The molecule has 2 aromatic rings. The first-order valence-electron chi connectivity index (χ1n) is 11.4. The predicted molar refractivity (Wildman–Crippen MR) is 131 cm³/mol. The Morgan fingerprint density at radius 1 is 1.33 bits per heavy atom. The molecule has 1 unspecified atom stereocenters. The molecule has 17 heteroatoms. The first kappa shape index (κ1) is 30.7. The number of amides is 2. The summed E-state index contributed by atoms with van der Waals surface area (Å²) in [7, 11) is -0.942. The number of pyridine rings is 1. The van der Waals surface area contributed by atoms with Crippen molar-refractivity contribution in [3.63, 3.8) is 0 Å². The van der Waals surface area contributed by atoms with Crippen LogP contribution in [0.2, 0.25) is 0 Å². The molecule has 2 aliphatic heterocycles. The third kappa shape index (κ3) is 8.33. The zero-order valence-corrected chi connectivity index (χ0v) is 22.2. The van der Waals surface area contributed by atoms with Crippen LogP contribution in [0.3, 0.4) is 0 Å². The summed E-state index contributed by atoms with van der Waals surface area (Å²) < 4.78 is 100.0. The molecule has 216 valence electrons. The van der Waals surface area contributed by atoms with E-state index in [-0.39, 0.29) is 39.8 Å². The highest BCUT2D eigenvalue weighted by Crippen LogP contribution is 2.37. The number of nitrogens with zero attached hydrogens (tertiary/aromatic N) is 3. The fourth-order valence-electron chi connectivity index (χ4n) is 3.78. The van der Waals surface area contributed by atoms with Crippen molar-refractivity contribution in [2.75, 3.05) is 29.9 Å². The van der Waals surface area contributed by atoms with Crippen LogP contribution in [0.15, 0.2) is 12.3 Å². The lowest BCUT2D eigenvalue weighted by Gasteiger charge is -2.25. The van der Waals surface area contributed by atoms with E-state index >= 15 is 0 Å². The lowest BCUT2D eigenvalue weighted by molar-refractivity contribution is -0.119. The molecule has 0 aliphatic carbocycles. The van der Waals surface area contributed by atoms with Crippen molar-refractivity contribution < 1.29 is 44.5 Å². The van der Waals surface area contributed by atoms with E-state index in [0.717, 1.165) is 28.5 Å². The average molecular weight is 604 g/mol. The maximum absolute atomic E-state index is 13.5. The largest absolute Gasteiger partial charge is 0.405 e. The van der Waals surface area contributed by atoms with Crippen LogP contribution in [0, 0.1) is 6.92 Å². The van der Waals surface area contributed by atoms with Gasteiger partial charge in [0.15, 0.2) is 5.01 Å². The van der Waals surface area contributed by atoms with Crippen molar-refractivity contribution in [2.24, 2.45) is 0 Å². The van der Waals surface area contributed by atoms with E-state index < -0.39 is 53.9 Å². The van der Waals surface area contributed by atoms with Gasteiger partial charge in [-0.25, -0.2) is 27.5 Å². The quantitative estimate of drug-likeness (QED) is 0.364. The van der Waals surface area contributed by atoms with Crippen LogP contribution >= 0.6 is 11.3 Å². The molecule has 0 saturated carbocycles. The van der Waals surface area contributed by atoms with E-state index in [4.69, 9.17) is 0 Å². The highest BCUT2D eigenvalue weighted by atomic mass is 32.2. The number of likely N-dealkylation sites (tertiary alicyclic amines) is 1. The minimum atomic E-state index is -4.52. The summed E-state index contributed by atoms with van der Waals surface area (Å²) in [6, 6.07) is 0.328. The fourth-order valence-corrected chi connectivity index (χ4v) is 5.75. The molecule has 4 rings (SSSR count). The molecule has 2 N–H and O–H groups in total. The second-order valence-corrected chi connectivity index (χ2v) is 11.5. The second-order valence-electron chi connectivity index (χ2n) is 8.99. The molecule has 0 aromatic carbocycles. The molecule has 2 amide bonds. The number of aromatic nitrogens is 2. The molecule has 0 spiro atoms. The van der Waals surface area contributed by atoms with E-state index in [1.54, 1.807) is 6.92 Å². The lowest BCUT2D eigenvalue weighted by atomic mass is 10.1. The number of anilines is 1. The lowest BCUT2D eigenvalue weighted by Crippen LogP contribution is -2.50. The SMILES string of the molecule is CC1CC(F)(F)CN1C=O.Cc1nc(C(=O)NC2CS(=O)C2)sc1-c1cnc(NCC(F)(F)F)cc1C(F)F. The Hall–Kier alpha value is -2.82. The Morgan fingerprint density at radius 3 is 2.49 bits per heavy atom. The van der Waals surface area contributed by atoms with Gasteiger partial charge in [0.2, 0.25) is 6.41 Å². The standard InChI is InChI=1S/C16H15F5N4O2S2.C6H9F2NO/c1-7-12(28-15(24-7)14(26)25-8-4-29(27)5-8)10-3-22-11(2-9(10)13(17)18)23-6-16(19,20)21;1-5-2-6(7,8)3-9(5)4-10/h2-3,8,13H,4-6H2,1H3,(H,22,23)(H,25,26);4-5H,2-3H2,1H3. The summed E-state index contributed by atoms with van der Waals surface area (Å²) in [6.07, 6.45) is -6.17. The summed E-state index contributed by atoms with van der Waals surface area (Å²) in [4.78, 5) is 31.6. The van der Waals surface area contributed by atoms with Gasteiger partial charge in [-0.1, -0.05) is 0 Å². The Kier molecular flexibility index (Phi) is 9.56. The number of nitrogens with one attached hydrogen (secondary N) is 2. The zero-order chi connectivity index (χ0) is 29.1. The molecule has 0 bridgehead atoms. The van der Waals surface area contributed by atoms with Crippen molar-refractivity contribution in [1.29, 1.82) is 0 Å². The van der Waals surface area contributed by atoms with Crippen molar-refractivity contribution in [3.05, 3.63) is 28.5 Å². The van der Waals surface area contributed by atoms with Gasteiger partial charge in [-0.2, -0.15) is 13.2 Å². The van der Waals surface area contributed by atoms with Crippen molar-refractivity contribution in [3.8, 4) is 10.4 Å². The number of rotatable bonds is 7. The Balaban J connectivity index is 0.000000353. The van der Waals surface area contributed by atoms with Crippen LogP contribution in [0.4, 0.5) is 36.6 Å². The number of carbonyl (C=O) groups excluding carboxylic acids is 2. The predicted octanol–water partition coefficient (Wildman–Crippen LogP) is 4.16. The van der Waals surface area contributed by atoms with Gasteiger partial charge >= 0.3 is 6.18 Å². The van der Waals surface area contributed by atoms with Gasteiger partial charge in [-0.3, -0.25) is 13.8 Å². The van der Waals surface area contributed by atoms with Gasteiger partial charge in [0.1, 0.15) is 12.4 Å². The minimum absolute atomic E-state index is 0.00337. The fraction of sp³-hybridized carbons (Fsp3) is 0.545. The van der Waals surface area contributed by atoms with Gasteiger partial charge in [-0.05, 0) is 19.9 Å². The van der Waals surface area contributed by atoms with Crippen LogP contribution < -0.4 is 10.6 Å². The Bertz CT molecular complexity index is 1220. The van der Waals surface area contributed by atoms with E-state index in [0.29, 0.717) is 23.6 Å². The van der Waals surface area contributed by atoms with Gasteiger partial charge < -0.3 is 15.5 Å². The van der Waals surface area contributed by atoms with Gasteiger partial charge in [0.25, 0.3) is 18.3 Å². The third-order valence-corrected chi connectivity index (χ3v) is 8.43. The van der Waals surface area contributed by atoms with E-state index in [1.165, 1.54) is 6.92 Å². The highest BCUT2D eigenvalue weighted by molar-refractivity contribution is 7.86. The molecule has 2 saturated heterocycles. The molecule has 2 aliphatic rings. The second kappa shape index (κ2) is 12.1. The van der Waals surface area contributed by atoms with E-state index in [2.05, 4.69) is 15.3 Å². The zero-order valence-electron chi connectivity index (χ0n) is 20.5. The molecule has 8 nitrogen and oxygen atoms in total. The molecule has 39 heavy (non-hydrogen) atoms. The van der Waals surface area contributed by atoms with Crippen molar-refractivity contribution in [1.82, 2.24) is 20.2 Å². The first-order valence-corrected chi connectivity index (χ1v) is 13.7. The molecule has 2 aromatic heterocycles. The highest BCUT2D eigenvalue weighted by Gasteiger charge is 2.42. The third-order valence-electron chi connectivity index (χ3n) is 5.70. The topological polar surface area (TPSA) is 104 Å². The summed E-state index contributed by atoms with van der Waals surface area (Å²) in [5.41, 5.74) is -0.203. The summed E-state index contributed by atoms with van der Waals surface area (Å²) in [5, 5.41) is 4.68. The maximum atomic E-state index is 13.5. The monoisotopic (exact) mass is 603 g/mol. The number of halogens is 7. The van der Waals surface area contributed by atoms with Crippen LogP contribution in [-0.2, 0) is 15.6 Å². The summed E-state index contributed by atoms with van der Waals surface area (Å²) in [6.45, 7) is 1.33. The van der Waals surface area contributed by atoms with E-state index in [9.17, 15) is 44.5 Å². The van der Waals surface area contributed by atoms with E-state index in [1.807, 2.05) is 5.32 Å². The average Bonchev–Trinajstić information content (AvgIpc) is 3.33. The number of hydrogen-bond acceptors (Lipinski definition) is 7. The number of thiazole rings is 1.